The van der Waals surface area contributed by atoms with Gasteiger partial charge in [0.2, 0.25) is 10.0 Å². The lowest BCUT2D eigenvalue weighted by atomic mass is 10.2. The third-order valence-electron chi connectivity index (χ3n) is 3.51. The summed E-state index contributed by atoms with van der Waals surface area (Å²) in [5.41, 5.74) is 0.631. The van der Waals surface area contributed by atoms with E-state index in [9.17, 15) is 26.4 Å². The number of aromatic nitrogens is 1. The van der Waals surface area contributed by atoms with Crippen molar-refractivity contribution in [3.8, 4) is 5.75 Å². The Balaban J connectivity index is 1.77. The maximum absolute atomic E-state index is 12.5. The average molecular weight is 480 g/mol. The number of alkyl halides is 3. The van der Waals surface area contributed by atoms with Gasteiger partial charge < -0.3 is 4.74 Å². The standard InChI is InChI=1S/C17H13ClF3N3O4S2/c1-30(26,27)24-13-6-9(2-4-11(13)18)15(25)23-16-22-12-5-3-10(7-14(12)29-16)28-8-17(19,20)21/h2-7,24H,8H2,1H3,(H,22,23,25). The molecule has 1 aromatic heterocycles. The molecule has 0 fully saturated rings. The topological polar surface area (TPSA) is 97.4 Å². The Bertz CT molecular complexity index is 1210. The van der Waals surface area contributed by atoms with Gasteiger partial charge in [-0.25, -0.2) is 13.4 Å². The molecule has 0 aliphatic rings. The van der Waals surface area contributed by atoms with Crippen LogP contribution in [-0.2, 0) is 10.0 Å². The summed E-state index contributed by atoms with van der Waals surface area (Å²) in [6.07, 6.45) is -3.50. The van der Waals surface area contributed by atoms with Crippen LogP contribution >= 0.6 is 22.9 Å². The summed E-state index contributed by atoms with van der Waals surface area (Å²) in [5, 5.41) is 2.88. The number of amides is 1. The number of nitrogens with one attached hydrogen (secondary N) is 2. The zero-order valence-corrected chi connectivity index (χ0v) is 17.5. The minimum atomic E-state index is -4.45. The molecule has 3 rings (SSSR count). The smallest absolute Gasteiger partial charge is 0.422 e. The molecule has 13 heteroatoms. The van der Waals surface area contributed by atoms with Crippen LogP contribution in [0, 0.1) is 0 Å². The molecule has 0 radical (unpaired) electrons. The zero-order chi connectivity index (χ0) is 22.1. The number of benzene rings is 2. The van der Waals surface area contributed by atoms with Crippen LogP contribution in [0.25, 0.3) is 10.2 Å². The molecule has 160 valence electrons. The van der Waals surface area contributed by atoms with Crippen LogP contribution < -0.4 is 14.8 Å². The van der Waals surface area contributed by atoms with Crippen LogP contribution in [0.2, 0.25) is 5.02 Å². The van der Waals surface area contributed by atoms with Crippen LogP contribution in [0.4, 0.5) is 24.0 Å². The molecule has 30 heavy (non-hydrogen) atoms. The maximum atomic E-state index is 12.5. The third-order valence-corrected chi connectivity index (χ3v) is 5.36. The van der Waals surface area contributed by atoms with Gasteiger partial charge in [-0.15, -0.1) is 0 Å². The van der Waals surface area contributed by atoms with E-state index in [1.54, 1.807) is 0 Å². The van der Waals surface area contributed by atoms with Crippen LogP contribution in [0.5, 0.6) is 5.75 Å². The second-order valence-corrected chi connectivity index (χ2v) is 9.26. The Kier molecular flexibility index (Phi) is 6.11. The van der Waals surface area contributed by atoms with E-state index in [2.05, 4.69) is 15.0 Å². The highest BCUT2D eigenvalue weighted by molar-refractivity contribution is 7.92. The number of thiazole rings is 1. The van der Waals surface area contributed by atoms with Crippen LogP contribution in [-0.4, -0.2) is 38.3 Å². The Labute approximate surface area is 177 Å². The summed E-state index contributed by atoms with van der Waals surface area (Å²) in [5.74, 6) is -0.550. The van der Waals surface area contributed by atoms with Crippen LogP contribution in [0.15, 0.2) is 36.4 Å². The lowest BCUT2D eigenvalue weighted by Gasteiger charge is -2.08. The van der Waals surface area contributed by atoms with Gasteiger partial charge in [0, 0.05) is 5.56 Å². The summed E-state index contributed by atoms with van der Waals surface area (Å²) >= 11 is 6.98. The van der Waals surface area contributed by atoms with E-state index >= 15 is 0 Å². The van der Waals surface area contributed by atoms with Gasteiger partial charge in [0.05, 0.1) is 27.2 Å². The number of nitrogens with zero attached hydrogens (tertiary/aromatic N) is 1. The van der Waals surface area contributed by atoms with Gasteiger partial charge in [-0.1, -0.05) is 22.9 Å². The molecular formula is C17H13ClF3N3O4S2. The van der Waals surface area contributed by atoms with Gasteiger partial charge in [0.25, 0.3) is 5.91 Å². The summed E-state index contributed by atoms with van der Waals surface area (Å²) < 4.78 is 67.1. The van der Waals surface area contributed by atoms with E-state index in [0.717, 1.165) is 17.6 Å². The van der Waals surface area contributed by atoms with Gasteiger partial charge in [-0.2, -0.15) is 13.2 Å². The average Bonchev–Trinajstić information content (AvgIpc) is 3.01. The second-order valence-electron chi connectivity index (χ2n) is 6.08. The fourth-order valence-electron chi connectivity index (χ4n) is 2.33. The molecule has 0 aliphatic carbocycles. The first-order valence-electron chi connectivity index (χ1n) is 8.08. The highest BCUT2D eigenvalue weighted by atomic mass is 35.5. The first-order chi connectivity index (χ1) is 13.9. The number of sulfonamides is 1. The molecule has 7 nitrogen and oxygen atoms in total. The number of fused-ring (bicyclic) bond motifs is 1. The van der Waals surface area contributed by atoms with Gasteiger partial charge in [0.1, 0.15) is 5.75 Å². The summed E-state index contributed by atoms with van der Waals surface area (Å²) in [7, 11) is -3.60. The van der Waals surface area contributed by atoms with Gasteiger partial charge in [-0.05, 0) is 36.4 Å². The van der Waals surface area contributed by atoms with E-state index in [4.69, 9.17) is 16.3 Å². The number of halogens is 4. The van der Waals surface area contributed by atoms with Crippen molar-refractivity contribution < 1.29 is 31.1 Å². The first kappa shape index (κ1) is 22.1. The fraction of sp³-hybridized carbons (Fsp3) is 0.176. The number of ether oxygens (including phenoxy) is 1. The van der Waals surface area contributed by atoms with Gasteiger partial charge in [0.15, 0.2) is 11.7 Å². The number of carbonyl (C=O) groups excluding carboxylic acids is 1. The van der Waals surface area contributed by atoms with Crippen molar-refractivity contribution in [3.63, 3.8) is 0 Å². The minimum Gasteiger partial charge on any atom is -0.484 e. The number of carbonyl (C=O) groups is 1. The molecule has 0 atom stereocenters. The van der Waals surface area contributed by atoms with Crippen molar-refractivity contribution >= 4 is 59.9 Å². The lowest BCUT2D eigenvalue weighted by molar-refractivity contribution is -0.153. The van der Waals surface area contributed by atoms with E-state index < -0.39 is 28.7 Å². The molecule has 0 bridgehead atoms. The normalized spacial score (nSPS) is 12.0. The number of hydrogen-bond acceptors (Lipinski definition) is 6. The SMILES string of the molecule is CS(=O)(=O)Nc1cc(C(=O)Nc2nc3ccc(OCC(F)(F)F)cc3s2)ccc1Cl. The molecule has 0 aliphatic heterocycles. The van der Waals surface area contributed by atoms with Gasteiger partial charge in [-0.3, -0.25) is 14.8 Å². The van der Waals surface area contributed by atoms with Crippen molar-refractivity contribution in [1.29, 1.82) is 0 Å². The number of rotatable bonds is 6. The van der Waals surface area contributed by atoms with Crippen LogP contribution in [0.3, 0.4) is 0 Å². The number of hydrogen-bond donors (Lipinski definition) is 2. The molecule has 1 amide bonds. The molecule has 0 spiro atoms. The van der Waals surface area contributed by atoms with Gasteiger partial charge >= 0.3 is 6.18 Å². The molecule has 0 unspecified atom stereocenters. The predicted octanol–water partition coefficient (Wildman–Crippen LogP) is 4.51. The maximum Gasteiger partial charge on any atom is 0.422 e. The molecule has 1 heterocycles. The monoisotopic (exact) mass is 479 g/mol. The summed E-state index contributed by atoms with van der Waals surface area (Å²) in [6.45, 7) is -1.42. The van der Waals surface area contributed by atoms with E-state index in [1.165, 1.54) is 36.4 Å². The molecule has 2 aromatic carbocycles. The Morgan fingerprint density at radius 3 is 2.63 bits per heavy atom. The third kappa shape index (κ3) is 5.97. The zero-order valence-electron chi connectivity index (χ0n) is 15.1. The fourth-order valence-corrected chi connectivity index (χ4v) is 4.01. The minimum absolute atomic E-state index is 0.0237. The quantitative estimate of drug-likeness (QED) is 0.542. The van der Waals surface area contributed by atoms with E-state index in [1.807, 2.05) is 0 Å². The molecule has 2 N–H and O–H groups in total. The van der Waals surface area contributed by atoms with E-state index in [0.29, 0.717) is 10.2 Å². The van der Waals surface area contributed by atoms with Crippen LogP contribution in [0.1, 0.15) is 10.4 Å². The summed E-state index contributed by atoms with van der Waals surface area (Å²) in [4.78, 5) is 16.7. The Hall–Kier alpha value is -2.57. The molecule has 0 saturated heterocycles. The first-order valence-corrected chi connectivity index (χ1v) is 11.2. The van der Waals surface area contributed by atoms with Crippen molar-refractivity contribution in [1.82, 2.24) is 4.98 Å². The van der Waals surface area contributed by atoms with Crippen molar-refractivity contribution in [2.45, 2.75) is 6.18 Å². The largest absolute Gasteiger partial charge is 0.484 e. The van der Waals surface area contributed by atoms with E-state index in [-0.39, 0.29) is 27.2 Å². The van der Waals surface area contributed by atoms with Crippen molar-refractivity contribution in [2.75, 3.05) is 22.9 Å². The Morgan fingerprint density at radius 2 is 1.97 bits per heavy atom. The lowest BCUT2D eigenvalue weighted by Crippen LogP contribution is -2.19. The van der Waals surface area contributed by atoms with Crippen molar-refractivity contribution in [2.24, 2.45) is 0 Å². The highest BCUT2D eigenvalue weighted by Crippen LogP contribution is 2.31. The highest BCUT2D eigenvalue weighted by Gasteiger charge is 2.28. The molecular weight excluding hydrogens is 467 g/mol. The molecule has 3 aromatic rings. The summed E-state index contributed by atoms with van der Waals surface area (Å²) in [6, 6.07) is 8.26. The molecule has 0 saturated carbocycles. The Morgan fingerprint density at radius 1 is 1.23 bits per heavy atom. The van der Waals surface area contributed by atoms with Crippen molar-refractivity contribution in [3.05, 3.63) is 47.0 Å². The number of anilines is 2. The second kappa shape index (κ2) is 8.28. The predicted molar refractivity (Wildman–Crippen MR) is 109 cm³/mol.